The summed E-state index contributed by atoms with van der Waals surface area (Å²) in [5.74, 6) is -0.205. The maximum atomic E-state index is 11.6. The van der Waals surface area contributed by atoms with E-state index in [2.05, 4.69) is 24.4 Å². The Balaban J connectivity index is 2.06. The molecule has 3 heteroatoms. The van der Waals surface area contributed by atoms with Crippen LogP contribution in [0.1, 0.15) is 30.4 Å². The molecular formula is C14H20N2O. The molecule has 1 aliphatic rings. The van der Waals surface area contributed by atoms with Crippen LogP contribution >= 0.6 is 0 Å². The summed E-state index contributed by atoms with van der Waals surface area (Å²) in [4.78, 5) is 11.6. The summed E-state index contributed by atoms with van der Waals surface area (Å²) in [6.07, 6.45) is 3.61. The van der Waals surface area contributed by atoms with Gasteiger partial charge in [0.25, 0.3) is 0 Å². The van der Waals surface area contributed by atoms with Crippen molar-refractivity contribution in [2.45, 2.75) is 38.1 Å². The molecule has 0 aliphatic carbocycles. The number of amides is 1. The Morgan fingerprint density at radius 2 is 2.24 bits per heavy atom. The molecule has 1 amide bonds. The fourth-order valence-electron chi connectivity index (χ4n) is 2.59. The van der Waals surface area contributed by atoms with Gasteiger partial charge in [0.2, 0.25) is 5.91 Å². The Labute approximate surface area is 102 Å². The predicted octanol–water partition coefficient (Wildman–Crippen LogP) is 1.54. The van der Waals surface area contributed by atoms with Crippen molar-refractivity contribution in [3.05, 3.63) is 35.4 Å². The number of hydrogen-bond donors (Lipinski definition) is 2. The maximum Gasteiger partial charge on any atom is 0.237 e. The Bertz CT molecular complexity index is 408. The molecule has 1 aromatic carbocycles. The molecule has 1 unspecified atom stereocenters. The van der Waals surface area contributed by atoms with Crippen LogP contribution in [-0.4, -0.2) is 18.0 Å². The summed E-state index contributed by atoms with van der Waals surface area (Å²) >= 11 is 0. The van der Waals surface area contributed by atoms with Gasteiger partial charge in [-0.1, -0.05) is 24.3 Å². The zero-order valence-corrected chi connectivity index (χ0v) is 10.3. The van der Waals surface area contributed by atoms with Crippen LogP contribution in [0.5, 0.6) is 0 Å². The molecular weight excluding hydrogens is 212 g/mol. The molecule has 0 bridgehead atoms. The van der Waals surface area contributed by atoms with Crippen molar-refractivity contribution in [1.29, 1.82) is 0 Å². The lowest BCUT2D eigenvalue weighted by molar-refractivity contribution is -0.124. The summed E-state index contributed by atoms with van der Waals surface area (Å²) in [6.45, 7) is 3.01. The van der Waals surface area contributed by atoms with E-state index < -0.39 is 5.54 Å². The van der Waals surface area contributed by atoms with Gasteiger partial charge < -0.3 is 11.1 Å². The van der Waals surface area contributed by atoms with Gasteiger partial charge in [-0.3, -0.25) is 4.79 Å². The number of nitrogens with one attached hydrogen (secondary N) is 1. The SMILES string of the molecule is Cc1ccccc1CCC1(C(N)=O)CCCN1. The normalized spacial score (nSPS) is 23.8. The van der Waals surface area contributed by atoms with E-state index in [9.17, 15) is 4.79 Å². The van der Waals surface area contributed by atoms with Gasteiger partial charge in [-0.2, -0.15) is 0 Å². The lowest BCUT2D eigenvalue weighted by Gasteiger charge is -2.26. The van der Waals surface area contributed by atoms with Crippen molar-refractivity contribution in [2.75, 3.05) is 6.54 Å². The molecule has 1 atom stereocenters. The minimum atomic E-state index is -0.470. The summed E-state index contributed by atoms with van der Waals surface area (Å²) in [6, 6.07) is 8.31. The molecule has 1 heterocycles. The van der Waals surface area contributed by atoms with Crippen LogP contribution in [0.15, 0.2) is 24.3 Å². The average Bonchev–Trinajstić information content (AvgIpc) is 2.78. The molecule has 3 N–H and O–H groups in total. The third-order valence-corrected chi connectivity index (χ3v) is 3.80. The van der Waals surface area contributed by atoms with E-state index in [1.807, 2.05) is 12.1 Å². The number of primary amides is 1. The first kappa shape index (κ1) is 12.1. The number of carbonyl (C=O) groups excluding carboxylic acids is 1. The molecule has 1 aliphatic heterocycles. The molecule has 0 saturated carbocycles. The van der Waals surface area contributed by atoms with Gasteiger partial charge in [0, 0.05) is 0 Å². The predicted molar refractivity (Wildman–Crippen MR) is 68.7 cm³/mol. The molecule has 1 fully saturated rings. The Kier molecular flexibility index (Phi) is 3.48. The van der Waals surface area contributed by atoms with Gasteiger partial charge in [0.05, 0.1) is 5.54 Å². The fourth-order valence-corrected chi connectivity index (χ4v) is 2.59. The van der Waals surface area contributed by atoms with Crippen molar-refractivity contribution >= 4 is 5.91 Å². The van der Waals surface area contributed by atoms with Gasteiger partial charge in [-0.25, -0.2) is 0 Å². The van der Waals surface area contributed by atoms with Crippen LogP contribution in [0, 0.1) is 6.92 Å². The van der Waals surface area contributed by atoms with Crippen molar-refractivity contribution in [3.8, 4) is 0 Å². The second kappa shape index (κ2) is 4.88. The Hall–Kier alpha value is -1.35. The second-order valence-electron chi connectivity index (χ2n) is 4.90. The standard InChI is InChI=1S/C14H20N2O/c1-11-5-2-3-6-12(11)7-9-14(13(15)17)8-4-10-16-14/h2-3,5-6,16H,4,7-10H2,1H3,(H2,15,17). The van der Waals surface area contributed by atoms with E-state index in [1.165, 1.54) is 11.1 Å². The van der Waals surface area contributed by atoms with Crippen molar-refractivity contribution in [2.24, 2.45) is 5.73 Å². The Morgan fingerprint density at radius 1 is 1.47 bits per heavy atom. The zero-order chi connectivity index (χ0) is 12.3. The van der Waals surface area contributed by atoms with Crippen LogP contribution in [0.25, 0.3) is 0 Å². The number of nitrogens with two attached hydrogens (primary N) is 1. The first-order chi connectivity index (χ1) is 8.14. The van der Waals surface area contributed by atoms with Crippen LogP contribution in [0.3, 0.4) is 0 Å². The van der Waals surface area contributed by atoms with E-state index in [0.29, 0.717) is 0 Å². The lowest BCUT2D eigenvalue weighted by Crippen LogP contribution is -2.51. The number of benzene rings is 1. The summed E-state index contributed by atoms with van der Waals surface area (Å²) in [5.41, 5.74) is 7.65. The van der Waals surface area contributed by atoms with Gasteiger partial charge in [-0.15, -0.1) is 0 Å². The van der Waals surface area contributed by atoms with Crippen molar-refractivity contribution in [3.63, 3.8) is 0 Å². The number of rotatable bonds is 4. The molecule has 2 rings (SSSR count). The number of aryl methyl sites for hydroxylation is 2. The highest BCUT2D eigenvalue weighted by Gasteiger charge is 2.38. The smallest absolute Gasteiger partial charge is 0.237 e. The van der Waals surface area contributed by atoms with Crippen molar-refractivity contribution in [1.82, 2.24) is 5.32 Å². The highest BCUT2D eigenvalue weighted by molar-refractivity contribution is 5.85. The topological polar surface area (TPSA) is 55.1 Å². The highest BCUT2D eigenvalue weighted by Crippen LogP contribution is 2.25. The molecule has 1 saturated heterocycles. The van der Waals surface area contributed by atoms with Crippen LogP contribution in [0.4, 0.5) is 0 Å². The van der Waals surface area contributed by atoms with E-state index in [0.717, 1.165) is 32.2 Å². The van der Waals surface area contributed by atoms with Gasteiger partial charge in [0.15, 0.2) is 0 Å². The maximum absolute atomic E-state index is 11.6. The molecule has 0 radical (unpaired) electrons. The van der Waals surface area contributed by atoms with Crippen LogP contribution in [0.2, 0.25) is 0 Å². The summed E-state index contributed by atoms with van der Waals surface area (Å²) < 4.78 is 0. The molecule has 92 valence electrons. The molecule has 17 heavy (non-hydrogen) atoms. The first-order valence-corrected chi connectivity index (χ1v) is 6.23. The minimum absolute atomic E-state index is 0.205. The minimum Gasteiger partial charge on any atom is -0.368 e. The number of carbonyl (C=O) groups is 1. The third kappa shape index (κ3) is 2.50. The molecule has 3 nitrogen and oxygen atoms in total. The lowest BCUT2D eigenvalue weighted by atomic mass is 9.88. The summed E-state index contributed by atoms with van der Waals surface area (Å²) in [7, 11) is 0. The quantitative estimate of drug-likeness (QED) is 0.827. The van der Waals surface area contributed by atoms with Gasteiger partial charge in [0.1, 0.15) is 0 Å². The molecule has 0 spiro atoms. The van der Waals surface area contributed by atoms with Crippen molar-refractivity contribution < 1.29 is 4.79 Å². The first-order valence-electron chi connectivity index (χ1n) is 6.23. The average molecular weight is 232 g/mol. The van der Waals surface area contributed by atoms with E-state index in [1.54, 1.807) is 0 Å². The van der Waals surface area contributed by atoms with E-state index >= 15 is 0 Å². The molecule has 1 aromatic rings. The zero-order valence-electron chi connectivity index (χ0n) is 10.3. The number of hydrogen-bond acceptors (Lipinski definition) is 2. The van der Waals surface area contributed by atoms with E-state index in [4.69, 9.17) is 5.73 Å². The van der Waals surface area contributed by atoms with Gasteiger partial charge >= 0.3 is 0 Å². The van der Waals surface area contributed by atoms with Crippen LogP contribution in [-0.2, 0) is 11.2 Å². The van der Waals surface area contributed by atoms with Gasteiger partial charge in [-0.05, 0) is 50.3 Å². The monoisotopic (exact) mass is 232 g/mol. The largest absolute Gasteiger partial charge is 0.368 e. The Morgan fingerprint density at radius 3 is 2.82 bits per heavy atom. The fraction of sp³-hybridized carbons (Fsp3) is 0.500. The second-order valence-corrected chi connectivity index (χ2v) is 4.90. The molecule has 0 aromatic heterocycles. The van der Waals surface area contributed by atoms with E-state index in [-0.39, 0.29) is 5.91 Å². The third-order valence-electron chi connectivity index (χ3n) is 3.80. The highest BCUT2D eigenvalue weighted by atomic mass is 16.1. The summed E-state index contributed by atoms with van der Waals surface area (Å²) in [5, 5.41) is 3.28. The van der Waals surface area contributed by atoms with Crippen LogP contribution < -0.4 is 11.1 Å².